The van der Waals surface area contributed by atoms with E-state index in [2.05, 4.69) is 16.6 Å². The summed E-state index contributed by atoms with van der Waals surface area (Å²) >= 11 is 0. The van der Waals surface area contributed by atoms with Gasteiger partial charge in [0.05, 0.1) is 19.3 Å². The molecule has 0 aromatic heterocycles. The van der Waals surface area contributed by atoms with Gasteiger partial charge in [-0.2, -0.15) is 0 Å². The third-order valence-corrected chi connectivity index (χ3v) is 5.17. The number of aliphatic hydroxyl groups is 1. The number of terminal acetylenes is 1. The monoisotopic (exact) mass is 401 g/mol. The van der Waals surface area contributed by atoms with Crippen LogP contribution < -0.4 is 15.4 Å². The van der Waals surface area contributed by atoms with Crippen molar-refractivity contribution in [3.8, 4) is 18.1 Å². The van der Waals surface area contributed by atoms with E-state index in [-0.39, 0.29) is 36.7 Å². The standard InChI is InChI=1S/C22H31N3O4/c1-7-14-8-9-15(18(10-14)29-6)12-24-20(27)17-11-16(26)13-25(17)21(28)19(23-5)22(2,3)4/h1,8-10,16-17,19,23,26H,11-13H2,2-6H3,(H,24,27)/t16-,17+,19?/m1/s1. The van der Waals surface area contributed by atoms with Gasteiger partial charge in [-0.3, -0.25) is 9.59 Å². The number of nitrogens with zero attached hydrogens (tertiary/aromatic N) is 1. The summed E-state index contributed by atoms with van der Waals surface area (Å²) in [7, 11) is 3.26. The fraction of sp³-hybridized carbons (Fsp3) is 0.545. The molecule has 0 saturated carbocycles. The molecule has 1 aliphatic heterocycles. The van der Waals surface area contributed by atoms with E-state index < -0.39 is 18.2 Å². The molecular formula is C22H31N3O4. The Morgan fingerprint density at radius 1 is 1.41 bits per heavy atom. The number of methoxy groups -OCH3 is 1. The summed E-state index contributed by atoms with van der Waals surface area (Å²) in [6.45, 7) is 6.25. The number of ether oxygens (including phenoxy) is 1. The first-order valence-electron chi connectivity index (χ1n) is 9.69. The number of rotatable bonds is 6. The smallest absolute Gasteiger partial charge is 0.243 e. The van der Waals surface area contributed by atoms with Crippen molar-refractivity contribution in [3.63, 3.8) is 0 Å². The van der Waals surface area contributed by atoms with Gasteiger partial charge in [-0.1, -0.05) is 32.8 Å². The van der Waals surface area contributed by atoms with Crippen LogP contribution in [0.2, 0.25) is 0 Å². The van der Waals surface area contributed by atoms with Gasteiger partial charge in [0.2, 0.25) is 11.8 Å². The first kappa shape index (κ1) is 22.7. The summed E-state index contributed by atoms with van der Waals surface area (Å²) in [5.41, 5.74) is 1.14. The van der Waals surface area contributed by atoms with Gasteiger partial charge in [-0.15, -0.1) is 6.42 Å². The van der Waals surface area contributed by atoms with Crippen LogP contribution in [0, 0.1) is 17.8 Å². The number of aliphatic hydroxyl groups excluding tert-OH is 1. The summed E-state index contributed by atoms with van der Waals surface area (Å²) in [6.07, 6.45) is 4.90. The second-order valence-electron chi connectivity index (χ2n) is 8.37. The fourth-order valence-corrected chi connectivity index (χ4v) is 3.68. The van der Waals surface area contributed by atoms with Crippen molar-refractivity contribution in [2.75, 3.05) is 20.7 Å². The van der Waals surface area contributed by atoms with Crippen LogP contribution in [-0.4, -0.2) is 60.7 Å². The molecule has 0 bridgehead atoms. The number of carbonyl (C=O) groups excluding carboxylic acids is 2. The molecule has 2 amide bonds. The Kier molecular flexibility index (Phi) is 7.28. The predicted molar refractivity (Wildman–Crippen MR) is 111 cm³/mol. The number of amides is 2. The van der Waals surface area contributed by atoms with E-state index in [4.69, 9.17) is 11.2 Å². The van der Waals surface area contributed by atoms with Gasteiger partial charge in [-0.05, 0) is 24.6 Å². The molecule has 7 heteroatoms. The summed E-state index contributed by atoms with van der Waals surface area (Å²) < 4.78 is 5.35. The summed E-state index contributed by atoms with van der Waals surface area (Å²) in [5, 5.41) is 16.0. The molecule has 2 rings (SSSR count). The number of hydrogen-bond donors (Lipinski definition) is 3. The quantitative estimate of drug-likeness (QED) is 0.616. The molecule has 158 valence electrons. The minimum Gasteiger partial charge on any atom is -0.496 e. The number of benzene rings is 1. The number of likely N-dealkylation sites (tertiary alicyclic amines) is 1. The lowest BCUT2D eigenvalue weighted by Crippen LogP contribution is -2.55. The van der Waals surface area contributed by atoms with Crippen LogP contribution in [0.5, 0.6) is 5.75 Å². The maximum atomic E-state index is 13.1. The number of carbonyl (C=O) groups is 2. The molecule has 3 atom stereocenters. The van der Waals surface area contributed by atoms with Crippen LogP contribution in [0.4, 0.5) is 0 Å². The highest BCUT2D eigenvalue weighted by Gasteiger charge is 2.43. The lowest BCUT2D eigenvalue weighted by Gasteiger charge is -2.34. The molecule has 29 heavy (non-hydrogen) atoms. The third kappa shape index (κ3) is 5.28. The van der Waals surface area contributed by atoms with E-state index in [9.17, 15) is 14.7 Å². The van der Waals surface area contributed by atoms with Gasteiger partial charge >= 0.3 is 0 Å². The van der Waals surface area contributed by atoms with Crippen molar-refractivity contribution in [2.24, 2.45) is 5.41 Å². The normalized spacial score (nSPS) is 20.1. The van der Waals surface area contributed by atoms with E-state index in [1.165, 1.54) is 4.90 Å². The van der Waals surface area contributed by atoms with Gasteiger partial charge < -0.3 is 25.4 Å². The molecule has 1 aliphatic rings. The zero-order valence-electron chi connectivity index (χ0n) is 17.8. The van der Waals surface area contributed by atoms with E-state index in [0.717, 1.165) is 5.56 Å². The van der Waals surface area contributed by atoms with Gasteiger partial charge in [0, 0.05) is 30.6 Å². The van der Waals surface area contributed by atoms with Crippen molar-refractivity contribution in [2.45, 2.75) is 51.9 Å². The predicted octanol–water partition coefficient (Wildman–Crippen LogP) is 0.889. The largest absolute Gasteiger partial charge is 0.496 e. The average Bonchev–Trinajstić information content (AvgIpc) is 3.07. The Morgan fingerprint density at radius 3 is 2.66 bits per heavy atom. The van der Waals surface area contributed by atoms with E-state index in [1.54, 1.807) is 32.4 Å². The molecule has 1 aromatic rings. The lowest BCUT2D eigenvalue weighted by molar-refractivity contribution is -0.142. The Labute approximate surface area is 172 Å². The highest BCUT2D eigenvalue weighted by molar-refractivity contribution is 5.91. The molecule has 7 nitrogen and oxygen atoms in total. The first-order chi connectivity index (χ1) is 13.6. The van der Waals surface area contributed by atoms with Crippen LogP contribution in [0.3, 0.4) is 0 Å². The molecule has 1 heterocycles. The van der Waals surface area contributed by atoms with Gasteiger partial charge in [0.1, 0.15) is 11.8 Å². The van der Waals surface area contributed by atoms with Crippen LogP contribution >= 0.6 is 0 Å². The lowest BCUT2D eigenvalue weighted by atomic mass is 9.86. The minimum absolute atomic E-state index is 0.144. The third-order valence-electron chi connectivity index (χ3n) is 5.17. The zero-order valence-corrected chi connectivity index (χ0v) is 17.8. The molecule has 0 spiro atoms. The highest BCUT2D eigenvalue weighted by atomic mass is 16.5. The maximum absolute atomic E-state index is 13.1. The van der Waals surface area contributed by atoms with Crippen molar-refractivity contribution in [3.05, 3.63) is 29.3 Å². The van der Waals surface area contributed by atoms with E-state index >= 15 is 0 Å². The Hall–Kier alpha value is -2.56. The Morgan fingerprint density at radius 2 is 2.10 bits per heavy atom. The van der Waals surface area contributed by atoms with Crippen molar-refractivity contribution >= 4 is 11.8 Å². The molecule has 1 unspecified atom stereocenters. The minimum atomic E-state index is -0.725. The van der Waals surface area contributed by atoms with Crippen molar-refractivity contribution < 1.29 is 19.4 Å². The number of hydrogen-bond acceptors (Lipinski definition) is 5. The van der Waals surface area contributed by atoms with Crippen LogP contribution in [0.25, 0.3) is 0 Å². The molecule has 1 saturated heterocycles. The maximum Gasteiger partial charge on any atom is 0.243 e. The molecule has 0 aliphatic carbocycles. The molecule has 0 radical (unpaired) electrons. The van der Waals surface area contributed by atoms with E-state index in [0.29, 0.717) is 11.3 Å². The first-order valence-corrected chi connectivity index (χ1v) is 9.69. The average molecular weight is 402 g/mol. The molecular weight excluding hydrogens is 370 g/mol. The fourth-order valence-electron chi connectivity index (χ4n) is 3.68. The summed E-state index contributed by atoms with van der Waals surface area (Å²) in [6, 6.07) is 4.14. The zero-order chi connectivity index (χ0) is 21.8. The highest BCUT2D eigenvalue weighted by Crippen LogP contribution is 2.26. The second kappa shape index (κ2) is 9.29. The number of likely N-dealkylation sites (N-methyl/N-ethyl adjacent to an activating group) is 1. The van der Waals surface area contributed by atoms with Crippen molar-refractivity contribution in [1.82, 2.24) is 15.5 Å². The summed E-state index contributed by atoms with van der Waals surface area (Å²) in [4.78, 5) is 27.4. The van der Waals surface area contributed by atoms with E-state index in [1.807, 2.05) is 20.8 Å². The molecule has 1 fully saturated rings. The Balaban J connectivity index is 2.13. The van der Waals surface area contributed by atoms with Crippen LogP contribution in [0.15, 0.2) is 18.2 Å². The second-order valence-corrected chi connectivity index (χ2v) is 8.37. The molecule has 1 aromatic carbocycles. The SMILES string of the molecule is C#Cc1ccc(CNC(=O)[C@@H]2C[C@@H](O)CN2C(=O)C(NC)C(C)(C)C)c(OC)c1. The van der Waals surface area contributed by atoms with Crippen LogP contribution in [0.1, 0.15) is 38.3 Å². The topological polar surface area (TPSA) is 90.9 Å². The number of β-amino-alcohol motifs (C(OH)–C–C–N with tert-alkyl or cyclic N) is 1. The Bertz CT molecular complexity index is 794. The van der Waals surface area contributed by atoms with Crippen molar-refractivity contribution in [1.29, 1.82) is 0 Å². The summed E-state index contributed by atoms with van der Waals surface area (Å²) in [5.74, 6) is 2.64. The number of nitrogens with one attached hydrogen (secondary N) is 2. The van der Waals surface area contributed by atoms with Gasteiger partial charge in [0.15, 0.2) is 0 Å². The molecule has 3 N–H and O–H groups in total. The van der Waals surface area contributed by atoms with Gasteiger partial charge in [0.25, 0.3) is 0 Å². The van der Waals surface area contributed by atoms with Crippen LogP contribution in [-0.2, 0) is 16.1 Å². The van der Waals surface area contributed by atoms with Gasteiger partial charge in [-0.25, -0.2) is 0 Å².